The standard InChI is InChI=1S/C3H7NS/c1-2-4-5-3-1/h4H,1-3H2/i/hD. The number of nitrogens with one attached hydrogen (secondary N) is 1. The predicted molar refractivity (Wildman–Crippen MR) is 25.1 cm³/mol. The van der Waals surface area contributed by atoms with E-state index in [1.54, 1.807) is 11.9 Å². The molecule has 0 aromatic heterocycles. The first kappa shape index (κ1) is 2.48. The van der Waals surface area contributed by atoms with Crippen LogP contribution in [0, 0.1) is 0 Å². The van der Waals surface area contributed by atoms with Gasteiger partial charge in [0.1, 0.15) is 1.41 Å². The zero-order chi connectivity index (χ0) is 4.41. The van der Waals surface area contributed by atoms with Crippen LogP contribution in [0.3, 0.4) is 0 Å². The SMILES string of the molecule is [2H]N1CCCS1. The molecule has 1 aliphatic heterocycles. The third-order valence-electron chi connectivity index (χ3n) is 0.576. The van der Waals surface area contributed by atoms with Crippen LogP contribution in [-0.2, 0) is 0 Å². The summed E-state index contributed by atoms with van der Waals surface area (Å²) in [6.07, 6.45) is 1.19. The van der Waals surface area contributed by atoms with Crippen molar-refractivity contribution in [2.45, 2.75) is 6.42 Å². The van der Waals surface area contributed by atoms with Crippen LogP contribution < -0.4 is 4.72 Å². The van der Waals surface area contributed by atoms with E-state index in [1.807, 2.05) is 0 Å². The second-order valence-electron chi connectivity index (χ2n) is 1.04. The minimum Gasteiger partial charge on any atom is -0.264 e. The molecule has 0 unspecified atom stereocenters. The molecular weight excluding hydrogens is 82.1 g/mol. The zero-order valence-electron chi connectivity index (χ0n) is 3.98. The van der Waals surface area contributed by atoms with E-state index in [0.717, 1.165) is 12.3 Å². The van der Waals surface area contributed by atoms with Gasteiger partial charge in [-0.1, -0.05) is 11.9 Å². The highest BCUT2D eigenvalue weighted by Gasteiger charge is 1.94. The number of hydrogen-bond donors (Lipinski definition) is 1. The van der Waals surface area contributed by atoms with Crippen LogP contribution in [0.1, 0.15) is 6.42 Å². The Morgan fingerprint density at radius 2 is 3.00 bits per heavy atom. The zero-order valence-corrected chi connectivity index (χ0v) is 3.79. The predicted octanol–water partition coefficient (Wildman–Crippen LogP) is 0.628. The molecule has 0 aromatic rings. The van der Waals surface area contributed by atoms with E-state index in [9.17, 15) is 0 Å². The average Bonchev–Trinajstić information content (AvgIpc) is 1.86. The van der Waals surface area contributed by atoms with Crippen molar-refractivity contribution in [2.24, 2.45) is 0 Å². The van der Waals surface area contributed by atoms with Crippen molar-refractivity contribution >= 4 is 11.9 Å². The van der Waals surface area contributed by atoms with Crippen LogP contribution in [0.5, 0.6) is 0 Å². The quantitative estimate of drug-likeness (QED) is 0.438. The molecule has 0 radical (unpaired) electrons. The van der Waals surface area contributed by atoms with Gasteiger partial charge in [0.05, 0.1) is 0 Å². The lowest BCUT2D eigenvalue weighted by atomic mass is 10.5. The summed E-state index contributed by atoms with van der Waals surface area (Å²) < 4.78 is 8.46. The Morgan fingerprint density at radius 1 is 2.00 bits per heavy atom. The third-order valence-corrected chi connectivity index (χ3v) is 1.41. The van der Waals surface area contributed by atoms with Crippen molar-refractivity contribution in [3.8, 4) is 0 Å². The molecule has 1 rings (SSSR count). The first-order chi connectivity index (χ1) is 2.89. The second-order valence-corrected chi connectivity index (χ2v) is 1.96. The molecule has 0 amide bonds. The average molecular weight is 90.2 g/mol. The summed E-state index contributed by atoms with van der Waals surface area (Å²) in [5.41, 5.74) is 0. The monoisotopic (exact) mass is 90.0 g/mol. The van der Waals surface area contributed by atoms with Gasteiger partial charge in [-0.15, -0.1) is 0 Å². The van der Waals surface area contributed by atoms with Crippen molar-refractivity contribution in [1.82, 2.24) is 4.72 Å². The van der Waals surface area contributed by atoms with E-state index >= 15 is 0 Å². The molecule has 1 N–H and O–H groups in total. The molecule has 2 heteroatoms. The highest BCUT2D eigenvalue weighted by molar-refractivity contribution is 7.97. The smallest absolute Gasteiger partial charge is 0.136 e. The largest absolute Gasteiger partial charge is 0.264 e. The molecule has 1 nitrogen and oxygen atoms in total. The Balaban J connectivity index is 2.18. The highest BCUT2D eigenvalue weighted by atomic mass is 32.2. The maximum absolute atomic E-state index is 6.93. The van der Waals surface area contributed by atoms with Crippen molar-refractivity contribution in [3.05, 3.63) is 0 Å². The molecule has 1 fully saturated rings. The van der Waals surface area contributed by atoms with Crippen LogP contribution in [0.2, 0.25) is 1.41 Å². The van der Waals surface area contributed by atoms with Crippen molar-refractivity contribution in [1.29, 1.82) is 0 Å². The molecule has 0 spiro atoms. The van der Waals surface area contributed by atoms with Gasteiger partial charge in [-0.2, -0.15) is 0 Å². The fourth-order valence-electron chi connectivity index (χ4n) is 0.323. The molecular formula is C3H7NS. The van der Waals surface area contributed by atoms with Gasteiger partial charge in [-0.05, 0) is 6.42 Å². The van der Waals surface area contributed by atoms with Crippen LogP contribution in [0.4, 0.5) is 0 Å². The van der Waals surface area contributed by atoms with Gasteiger partial charge in [0.25, 0.3) is 0 Å². The van der Waals surface area contributed by atoms with Gasteiger partial charge in [0.15, 0.2) is 0 Å². The molecule has 1 saturated heterocycles. The Labute approximate surface area is 37.7 Å². The molecule has 0 atom stereocenters. The summed E-state index contributed by atoms with van der Waals surface area (Å²) in [7, 11) is 0. The molecule has 0 aromatic carbocycles. The van der Waals surface area contributed by atoms with Crippen LogP contribution in [0.25, 0.3) is 0 Å². The fourth-order valence-corrected chi connectivity index (χ4v) is 0.968. The Bertz CT molecular complexity index is 44.1. The Kier molecular flexibility index (Phi) is 0.830. The summed E-state index contributed by atoms with van der Waals surface area (Å²) in [6.45, 7) is 0.949. The van der Waals surface area contributed by atoms with Gasteiger partial charge < -0.3 is 0 Å². The first-order valence-electron chi connectivity index (χ1n) is 2.23. The normalized spacial score (nSPS) is 30.8. The third kappa shape index (κ3) is 0.816. The van der Waals surface area contributed by atoms with Crippen LogP contribution >= 0.6 is 11.9 Å². The fraction of sp³-hybridized carbons (Fsp3) is 1.00. The van der Waals surface area contributed by atoms with Gasteiger partial charge in [-0.25, -0.2) is 0 Å². The molecule has 30 valence electrons. The molecule has 1 heterocycles. The Hall–Kier alpha value is 0.310. The number of hydrogen-bond acceptors (Lipinski definition) is 2. The lowest BCUT2D eigenvalue weighted by molar-refractivity contribution is 0.940. The van der Waals surface area contributed by atoms with Gasteiger partial charge in [0.2, 0.25) is 0 Å². The lowest BCUT2D eigenvalue weighted by Crippen LogP contribution is -1.91. The Morgan fingerprint density at radius 3 is 3.20 bits per heavy atom. The van der Waals surface area contributed by atoms with Crippen molar-refractivity contribution in [3.63, 3.8) is 0 Å². The summed E-state index contributed by atoms with van der Waals surface area (Å²) in [5, 5.41) is 0. The van der Waals surface area contributed by atoms with Crippen LogP contribution in [-0.4, -0.2) is 12.3 Å². The summed E-state index contributed by atoms with van der Waals surface area (Å²) >= 11 is 1.60. The lowest BCUT2D eigenvalue weighted by Gasteiger charge is -1.75. The van der Waals surface area contributed by atoms with E-state index in [4.69, 9.17) is 1.41 Å². The highest BCUT2D eigenvalue weighted by Crippen LogP contribution is 2.02. The van der Waals surface area contributed by atoms with E-state index < -0.39 is 0 Å². The second kappa shape index (κ2) is 1.67. The maximum atomic E-state index is 6.93. The number of rotatable bonds is 0. The molecule has 5 heavy (non-hydrogen) atoms. The molecule has 0 bridgehead atoms. The van der Waals surface area contributed by atoms with E-state index in [-0.39, 0.29) is 0 Å². The summed E-state index contributed by atoms with van der Waals surface area (Å²) in [6, 6.07) is 0. The summed E-state index contributed by atoms with van der Waals surface area (Å²) in [5.74, 6) is 1.14. The van der Waals surface area contributed by atoms with E-state index in [0.29, 0.717) is 0 Å². The van der Waals surface area contributed by atoms with E-state index in [1.165, 1.54) is 11.1 Å². The van der Waals surface area contributed by atoms with Gasteiger partial charge >= 0.3 is 0 Å². The topological polar surface area (TPSA) is 12.0 Å². The van der Waals surface area contributed by atoms with Crippen molar-refractivity contribution in [2.75, 3.05) is 12.3 Å². The molecule has 0 saturated carbocycles. The minimum absolute atomic E-state index is 0.949. The molecule has 1 aliphatic rings. The summed E-state index contributed by atoms with van der Waals surface area (Å²) in [4.78, 5) is 0. The maximum Gasteiger partial charge on any atom is 0.136 e. The van der Waals surface area contributed by atoms with Crippen LogP contribution in [0.15, 0.2) is 0 Å². The van der Waals surface area contributed by atoms with E-state index in [2.05, 4.69) is 0 Å². The van der Waals surface area contributed by atoms with Gasteiger partial charge in [-0.3, -0.25) is 4.72 Å². The minimum atomic E-state index is 0.949. The van der Waals surface area contributed by atoms with Crippen molar-refractivity contribution < 1.29 is 1.41 Å². The first-order valence-corrected chi connectivity index (χ1v) is 2.73. The van der Waals surface area contributed by atoms with Gasteiger partial charge in [0, 0.05) is 12.3 Å². The molecule has 0 aliphatic carbocycles.